The van der Waals surface area contributed by atoms with Gasteiger partial charge in [0.05, 0.1) is 36.9 Å². The number of rotatable bonds is 7. The standard InChI is InChI=1S/C30H45BN2O7/c1-28(2,3)38-27(35)33-14-15-36-18-22(33)19-37-26(34)32-25(13-12-20-10-8-7-9-11-20)31-39-24-17-21-16-23(29(21,4)5)30(24,6)40-31/h7-11,21-25H,12-19H2,1-6H3,(H,32,34)/t21-,22+,23-,24+,25-,30-/m0/s1. The number of carbonyl (C=O) groups is 2. The molecule has 40 heavy (non-hydrogen) atoms. The molecule has 5 aliphatic rings. The van der Waals surface area contributed by atoms with Crippen molar-refractivity contribution < 1.29 is 33.1 Å². The van der Waals surface area contributed by atoms with Crippen molar-refractivity contribution in [2.45, 2.75) is 96.5 Å². The second-order valence-corrected chi connectivity index (χ2v) is 13.6. The first-order chi connectivity index (χ1) is 18.9. The molecule has 3 saturated carbocycles. The molecule has 220 valence electrons. The number of morpholine rings is 1. The van der Waals surface area contributed by atoms with E-state index in [1.54, 1.807) is 4.90 Å². The highest BCUT2D eigenvalue weighted by Crippen LogP contribution is 2.65. The van der Waals surface area contributed by atoms with Gasteiger partial charge in [-0.1, -0.05) is 44.2 Å². The van der Waals surface area contributed by atoms with Crippen LogP contribution in [-0.4, -0.2) is 79.9 Å². The van der Waals surface area contributed by atoms with Crippen LogP contribution in [0.15, 0.2) is 30.3 Å². The molecule has 6 atom stereocenters. The van der Waals surface area contributed by atoms with Gasteiger partial charge in [-0.05, 0) is 76.2 Å². The van der Waals surface area contributed by atoms with Crippen LogP contribution in [0.25, 0.3) is 0 Å². The Morgan fingerprint density at radius 3 is 2.62 bits per heavy atom. The number of nitrogens with one attached hydrogen (secondary N) is 1. The zero-order valence-corrected chi connectivity index (χ0v) is 24.8. The number of hydrogen-bond donors (Lipinski definition) is 1. The SMILES string of the molecule is CC(C)(C)OC(=O)N1CCOC[C@@H]1COC(=O)N[C@@H](CCc1ccccc1)B1O[C@@H]2C[C@@H]3C[C@@H](C3(C)C)[C@]2(C)O1. The number of nitrogens with zero attached hydrogens (tertiary/aromatic N) is 1. The average molecular weight is 557 g/mol. The van der Waals surface area contributed by atoms with Gasteiger partial charge in [0.2, 0.25) is 0 Å². The number of benzene rings is 1. The minimum atomic E-state index is -0.616. The minimum Gasteiger partial charge on any atom is -0.447 e. The quantitative estimate of drug-likeness (QED) is 0.490. The highest BCUT2D eigenvalue weighted by molar-refractivity contribution is 6.47. The Morgan fingerprint density at radius 1 is 1.18 bits per heavy atom. The number of aryl methyl sites for hydroxylation is 1. The first kappa shape index (κ1) is 29.2. The highest BCUT2D eigenvalue weighted by Gasteiger charge is 2.68. The predicted octanol–water partition coefficient (Wildman–Crippen LogP) is 4.62. The minimum absolute atomic E-state index is 0.00114. The molecular formula is C30H45BN2O7. The lowest BCUT2D eigenvalue weighted by Gasteiger charge is -2.64. The van der Waals surface area contributed by atoms with Crippen LogP contribution in [0.5, 0.6) is 0 Å². The third-order valence-corrected chi connectivity index (χ3v) is 9.45. The summed E-state index contributed by atoms with van der Waals surface area (Å²) in [6.45, 7) is 13.4. The number of alkyl carbamates (subject to hydrolysis) is 1. The normalized spacial score (nSPS) is 31.6. The predicted molar refractivity (Wildman–Crippen MR) is 151 cm³/mol. The van der Waals surface area contributed by atoms with Gasteiger partial charge in [-0.2, -0.15) is 0 Å². The lowest BCUT2D eigenvalue weighted by atomic mass is 9.43. The third kappa shape index (κ3) is 5.99. The molecule has 2 saturated heterocycles. The van der Waals surface area contributed by atoms with Crippen molar-refractivity contribution in [1.29, 1.82) is 0 Å². The van der Waals surface area contributed by atoms with Crippen LogP contribution < -0.4 is 5.32 Å². The molecule has 10 heteroatoms. The van der Waals surface area contributed by atoms with Crippen molar-refractivity contribution in [3.8, 4) is 0 Å². The summed E-state index contributed by atoms with van der Waals surface area (Å²) in [4.78, 5) is 27.4. The Balaban J connectivity index is 1.23. The lowest BCUT2D eigenvalue weighted by Crippen LogP contribution is -2.65. The Hall–Kier alpha value is -2.30. The molecule has 0 spiro atoms. The molecule has 0 radical (unpaired) electrons. The van der Waals surface area contributed by atoms with Crippen LogP contribution in [0.2, 0.25) is 0 Å². The smallest absolute Gasteiger partial charge is 0.447 e. The maximum atomic E-state index is 13.1. The van der Waals surface area contributed by atoms with Crippen molar-refractivity contribution in [2.75, 3.05) is 26.4 Å². The fourth-order valence-electron chi connectivity index (χ4n) is 7.03. The summed E-state index contributed by atoms with van der Waals surface area (Å²) in [5.74, 6) is 0.685. The highest BCUT2D eigenvalue weighted by atomic mass is 16.7. The van der Waals surface area contributed by atoms with Crippen molar-refractivity contribution in [3.05, 3.63) is 35.9 Å². The fraction of sp³-hybridized carbons (Fsp3) is 0.733. The van der Waals surface area contributed by atoms with Gasteiger partial charge >= 0.3 is 19.3 Å². The van der Waals surface area contributed by atoms with E-state index in [2.05, 4.69) is 38.2 Å². The summed E-state index contributed by atoms with van der Waals surface area (Å²) in [5, 5.41) is 3.04. The summed E-state index contributed by atoms with van der Waals surface area (Å²) >= 11 is 0. The Morgan fingerprint density at radius 2 is 1.93 bits per heavy atom. The van der Waals surface area contributed by atoms with Gasteiger partial charge in [0.1, 0.15) is 12.2 Å². The van der Waals surface area contributed by atoms with E-state index in [0.717, 1.165) is 19.3 Å². The van der Waals surface area contributed by atoms with Gasteiger partial charge in [-0.15, -0.1) is 0 Å². The largest absolute Gasteiger partial charge is 0.481 e. The summed E-state index contributed by atoms with van der Waals surface area (Å²) in [7, 11) is -0.558. The van der Waals surface area contributed by atoms with Gasteiger partial charge in [0, 0.05) is 6.54 Å². The molecule has 9 nitrogen and oxygen atoms in total. The van der Waals surface area contributed by atoms with E-state index in [9.17, 15) is 9.59 Å². The molecular weight excluding hydrogens is 511 g/mol. The summed E-state index contributed by atoms with van der Waals surface area (Å²) in [5.41, 5.74) is 0.430. The second kappa shape index (κ2) is 11.2. The molecule has 2 heterocycles. The fourth-order valence-corrected chi connectivity index (χ4v) is 7.03. The molecule has 0 unspecified atom stereocenters. The molecule has 1 aromatic rings. The first-order valence-corrected chi connectivity index (χ1v) is 14.7. The van der Waals surface area contributed by atoms with E-state index in [1.807, 2.05) is 39.0 Å². The molecule has 2 amide bonds. The van der Waals surface area contributed by atoms with E-state index < -0.39 is 30.9 Å². The van der Waals surface area contributed by atoms with Gasteiger partial charge in [0.15, 0.2) is 0 Å². The van der Waals surface area contributed by atoms with Gasteiger partial charge in [-0.25, -0.2) is 9.59 Å². The van der Waals surface area contributed by atoms with Crippen LogP contribution in [-0.2, 0) is 29.9 Å². The topological polar surface area (TPSA) is 95.6 Å². The van der Waals surface area contributed by atoms with Gasteiger partial charge in [-0.3, -0.25) is 4.90 Å². The van der Waals surface area contributed by atoms with Crippen molar-refractivity contribution >= 4 is 19.3 Å². The Labute approximate surface area is 238 Å². The van der Waals surface area contributed by atoms with Crippen LogP contribution in [0.4, 0.5) is 9.59 Å². The zero-order chi connectivity index (χ0) is 28.7. The van der Waals surface area contributed by atoms with Crippen molar-refractivity contribution in [3.63, 3.8) is 0 Å². The van der Waals surface area contributed by atoms with Crippen molar-refractivity contribution in [1.82, 2.24) is 10.2 Å². The monoisotopic (exact) mass is 556 g/mol. The maximum absolute atomic E-state index is 13.1. The number of hydrogen-bond acceptors (Lipinski definition) is 7. The Kier molecular flexibility index (Phi) is 8.16. The van der Waals surface area contributed by atoms with Crippen LogP contribution in [0, 0.1) is 17.3 Å². The van der Waals surface area contributed by atoms with Crippen LogP contribution in [0.1, 0.15) is 66.4 Å². The number of amides is 2. The third-order valence-electron chi connectivity index (χ3n) is 9.45. The van der Waals surface area contributed by atoms with E-state index in [0.29, 0.717) is 31.4 Å². The molecule has 2 aliphatic heterocycles. The van der Waals surface area contributed by atoms with E-state index in [1.165, 1.54) is 5.56 Å². The van der Waals surface area contributed by atoms with Crippen LogP contribution in [0.3, 0.4) is 0 Å². The van der Waals surface area contributed by atoms with Gasteiger partial charge in [0.25, 0.3) is 0 Å². The molecule has 5 fully saturated rings. The van der Waals surface area contributed by atoms with E-state index in [4.69, 9.17) is 23.5 Å². The molecule has 0 aromatic heterocycles. The first-order valence-electron chi connectivity index (χ1n) is 14.7. The molecule has 1 N–H and O–H groups in total. The lowest BCUT2D eigenvalue weighted by molar-refractivity contribution is -0.199. The van der Waals surface area contributed by atoms with E-state index >= 15 is 0 Å². The maximum Gasteiger partial charge on any atom is 0.481 e. The van der Waals surface area contributed by atoms with Crippen molar-refractivity contribution in [2.24, 2.45) is 17.3 Å². The van der Waals surface area contributed by atoms with E-state index in [-0.39, 0.29) is 36.3 Å². The second-order valence-electron chi connectivity index (χ2n) is 13.6. The average Bonchev–Trinajstić information content (AvgIpc) is 3.26. The summed E-state index contributed by atoms with van der Waals surface area (Å²) in [6, 6.07) is 9.77. The Bertz CT molecular complexity index is 1060. The molecule has 3 aliphatic carbocycles. The zero-order valence-electron chi connectivity index (χ0n) is 24.8. The number of carbonyl (C=O) groups excluding carboxylic acids is 2. The summed E-state index contributed by atoms with van der Waals surface area (Å²) < 4.78 is 30.0. The summed E-state index contributed by atoms with van der Waals surface area (Å²) in [6.07, 6.45) is 2.57. The molecule has 6 rings (SSSR count). The van der Waals surface area contributed by atoms with Gasteiger partial charge < -0.3 is 28.8 Å². The van der Waals surface area contributed by atoms with Crippen LogP contribution >= 0.6 is 0 Å². The molecule has 1 aromatic carbocycles. The molecule has 2 bridgehead atoms. The number of ether oxygens (including phenoxy) is 3.